The number of aromatic hydroxyl groups is 1. The number of hydrogen-bond donors (Lipinski definition) is 3. The van der Waals surface area contributed by atoms with E-state index in [1.807, 2.05) is 51.1 Å². The van der Waals surface area contributed by atoms with Crippen molar-refractivity contribution in [2.45, 2.75) is 39.0 Å². The molecule has 2 aromatic rings. The average Bonchev–Trinajstić information content (AvgIpc) is 2.50. The number of phenols is 1. The van der Waals surface area contributed by atoms with Crippen molar-refractivity contribution in [2.24, 2.45) is 0 Å². The van der Waals surface area contributed by atoms with Crippen LogP contribution in [0.25, 0.3) is 0 Å². The van der Waals surface area contributed by atoms with Gasteiger partial charge >= 0.3 is 0 Å². The van der Waals surface area contributed by atoms with Gasteiger partial charge in [0.2, 0.25) is 0 Å². The zero-order valence-electron chi connectivity index (χ0n) is 14.3. The lowest BCUT2D eigenvalue weighted by atomic mass is 10.1. The second kappa shape index (κ2) is 9.06. The maximum absolute atomic E-state index is 10.3. The molecule has 0 saturated heterocycles. The molecular weight excluding hydrogens is 370 g/mol. The third-order valence-electron chi connectivity index (χ3n) is 3.37. The Bertz CT molecular complexity index is 626. The number of hydrogen-bond acceptors (Lipinski definition) is 4. The Kier molecular flexibility index (Phi) is 7.73. The second-order valence-electron chi connectivity index (χ2n) is 6.68. The fraction of sp³-hybridized carbons (Fsp3) is 0.368. The van der Waals surface area contributed by atoms with E-state index in [-0.39, 0.29) is 28.3 Å². The number of benzene rings is 2. The third-order valence-corrected chi connectivity index (χ3v) is 3.37. The number of ether oxygens (including phenoxy) is 1. The molecule has 0 radical (unpaired) electrons. The number of nitrogens with one attached hydrogen (secondary N) is 1. The first-order valence-electron chi connectivity index (χ1n) is 7.77. The van der Waals surface area contributed by atoms with E-state index < -0.39 is 6.10 Å². The molecule has 0 heterocycles. The Morgan fingerprint density at radius 1 is 1.08 bits per heavy atom. The molecule has 2 rings (SSSR count). The molecule has 0 saturated carbocycles. The summed E-state index contributed by atoms with van der Waals surface area (Å²) < 4.78 is 5.72. The maximum Gasteiger partial charge on any atom is 0.123 e. The van der Waals surface area contributed by atoms with Crippen molar-refractivity contribution in [1.29, 1.82) is 0 Å². The van der Waals surface area contributed by atoms with E-state index in [0.29, 0.717) is 24.5 Å². The summed E-state index contributed by atoms with van der Waals surface area (Å²) in [5.41, 5.74) is 1.60. The lowest BCUT2D eigenvalue weighted by Crippen LogP contribution is -2.38. The highest BCUT2D eigenvalue weighted by Gasteiger charge is 2.15. The minimum Gasteiger partial charge on any atom is -0.508 e. The Morgan fingerprint density at radius 3 is 2.38 bits per heavy atom. The van der Waals surface area contributed by atoms with E-state index in [1.54, 1.807) is 18.2 Å². The van der Waals surface area contributed by atoms with Gasteiger partial charge in [0.1, 0.15) is 18.1 Å². The number of aliphatic hydroxyl groups excluding tert-OH is 1. The van der Waals surface area contributed by atoms with E-state index >= 15 is 0 Å². The summed E-state index contributed by atoms with van der Waals surface area (Å²) in [6, 6.07) is 14.7. The Balaban J connectivity index is 0.00000288. The molecule has 132 valence electrons. The van der Waals surface area contributed by atoms with Crippen LogP contribution in [-0.2, 0) is 6.61 Å². The molecular formula is C19H26BrNO3. The molecule has 0 aliphatic carbocycles. The van der Waals surface area contributed by atoms with Gasteiger partial charge in [0.25, 0.3) is 0 Å². The molecule has 5 heteroatoms. The molecule has 1 atom stereocenters. The van der Waals surface area contributed by atoms with Gasteiger partial charge in [-0.25, -0.2) is 0 Å². The lowest BCUT2D eigenvalue weighted by molar-refractivity contribution is 0.162. The SMILES string of the molecule is Br.CC(C)(C)NCC(O)c1cc(O)cc(OCc2ccccc2)c1. The summed E-state index contributed by atoms with van der Waals surface area (Å²) in [5, 5.41) is 23.4. The lowest BCUT2D eigenvalue weighted by Gasteiger charge is -2.23. The minimum absolute atomic E-state index is 0. The summed E-state index contributed by atoms with van der Waals surface area (Å²) in [4.78, 5) is 0. The van der Waals surface area contributed by atoms with Crippen molar-refractivity contribution < 1.29 is 14.9 Å². The molecule has 1 unspecified atom stereocenters. The van der Waals surface area contributed by atoms with E-state index in [9.17, 15) is 10.2 Å². The van der Waals surface area contributed by atoms with Crippen LogP contribution < -0.4 is 10.1 Å². The highest BCUT2D eigenvalue weighted by Crippen LogP contribution is 2.26. The fourth-order valence-electron chi connectivity index (χ4n) is 2.14. The molecule has 0 fully saturated rings. The topological polar surface area (TPSA) is 61.7 Å². The number of halogens is 1. The first-order valence-corrected chi connectivity index (χ1v) is 7.77. The summed E-state index contributed by atoms with van der Waals surface area (Å²) in [5.74, 6) is 0.624. The van der Waals surface area contributed by atoms with E-state index in [4.69, 9.17) is 4.74 Å². The zero-order chi connectivity index (χ0) is 16.9. The molecule has 0 bridgehead atoms. The number of rotatable bonds is 6. The molecule has 0 aromatic heterocycles. The van der Waals surface area contributed by atoms with Gasteiger partial charge in [0.15, 0.2) is 0 Å². The van der Waals surface area contributed by atoms with E-state index in [1.165, 1.54) is 0 Å². The minimum atomic E-state index is -0.708. The normalized spacial score (nSPS) is 12.3. The number of aliphatic hydroxyl groups is 1. The van der Waals surface area contributed by atoms with Crippen LogP contribution in [0, 0.1) is 0 Å². The summed E-state index contributed by atoms with van der Waals surface area (Å²) >= 11 is 0. The molecule has 24 heavy (non-hydrogen) atoms. The van der Waals surface area contributed by atoms with Crippen molar-refractivity contribution in [3.63, 3.8) is 0 Å². The summed E-state index contributed by atoms with van der Waals surface area (Å²) in [7, 11) is 0. The van der Waals surface area contributed by atoms with Gasteiger partial charge < -0.3 is 20.3 Å². The predicted octanol–water partition coefficient (Wildman–Crippen LogP) is 3.97. The maximum atomic E-state index is 10.3. The van der Waals surface area contributed by atoms with Gasteiger partial charge in [0.05, 0.1) is 6.10 Å². The van der Waals surface area contributed by atoms with Crippen molar-refractivity contribution in [2.75, 3.05) is 6.54 Å². The van der Waals surface area contributed by atoms with Crippen LogP contribution >= 0.6 is 17.0 Å². The highest BCUT2D eigenvalue weighted by molar-refractivity contribution is 8.93. The Hall–Kier alpha value is -1.56. The molecule has 0 aliphatic heterocycles. The Labute approximate surface area is 154 Å². The molecule has 3 N–H and O–H groups in total. The van der Waals surface area contributed by atoms with Crippen molar-refractivity contribution in [1.82, 2.24) is 5.32 Å². The van der Waals surface area contributed by atoms with Crippen LogP contribution in [0.2, 0.25) is 0 Å². The van der Waals surface area contributed by atoms with Gasteiger partial charge in [-0.05, 0) is 44.0 Å². The summed E-state index contributed by atoms with van der Waals surface area (Å²) in [6.07, 6.45) is -0.708. The van der Waals surface area contributed by atoms with Crippen molar-refractivity contribution in [3.8, 4) is 11.5 Å². The van der Waals surface area contributed by atoms with E-state index in [0.717, 1.165) is 5.56 Å². The Morgan fingerprint density at radius 2 is 1.75 bits per heavy atom. The predicted molar refractivity (Wildman–Crippen MR) is 102 cm³/mol. The first kappa shape index (κ1) is 20.5. The molecule has 0 aliphatic rings. The number of phenolic OH excluding ortho intramolecular Hbond substituents is 1. The standard InChI is InChI=1S/C19H25NO3.BrH/c1-19(2,3)20-12-18(22)15-9-16(21)11-17(10-15)23-13-14-7-5-4-6-8-14;/h4-11,18,20-22H,12-13H2,1-3H3;1H. The summed E-state index contributed by atoms with van der Waals surface area (Å²) in [6.45, 7) is 6.94. The molecule has 0 spiro atoms. The third kappa shape index (κ3) is 6.91. The zero-order valence-corrected chi connectivity index (χ0v) is 16.0. The molecule has 0 amide bonds. The van der Waals surface area contributed by atoms with Gasteiger partial charge in [-0.3, -0.25) is 0 Å². The van der Waals surface area contributed by atoms with Crippen LogP contribution in [0.3, 0.4) is 0 Å². The van der Waals surface area contributed by atoms with Crippen LogP contribution in [0.1, 0.15) is 38.0 Å². The van der Waals surface area contributed by atoms with Crippen LogP contribution in [-0.4, -0.2) is 22.3 Å². The van der Waals surface area contributed by atoms with Crippen LogP contribution in [0.4, 0.5) is 0 Å². The van der Waals surface area contributed by atoms with Crippen molar-refractivity contribution >= 4 is 17.0 Å². The van der Waals surface area contributed by atoms with Crippen LogP contribution in [0.15, 0.2) is 48.5 Å². The second-order valence-corrected chi connectivity index (χ2v) is 6.68. The van der Waals surface area contributed by atoms with Gasteiger partial charge in [-0.15, -0.1) is 17.0 Å². The smallest absolute Gasteiger partial charge is 0.123 e. The monoisotopic (exact) mass is 395 g/mol. The largest absolute Gasteiger partial charge is 0.508 e. The highest BCUT2D eigenvalue weighted by atomic mass is 79.9. The first-order chi connectivity index (χ1) is 10.8. The fourth-order valence-corrected chi connectivity index (χ4v) is 2.14. The van der Waals surface area contributed by atoms with Crippen molar-refractivity contribution in [3.05, 3.63) is 59.7 Å². The van der Waals surface area contributed by atoms with Gasteiger partial charge in [-0.1, -0.05) is 30.3 Å². The van der Waals surface area contributed by atoms with Gasteiger partial charge in [-0.2, -0.15) is 0 Å². The van der Waals surface area contributed by atoms with Crippen LogP contribution in [0.5, 0.6) is 11.5 Å². The average molecular weight is 396 g/mol. The quantitative estimate of drug-likeness (QED) is 0.692. The number of β-amino-alcohol motifs (C(OH)–C–C–N with tert-alkyl or cyclic N) is 1. The van der Waals surface area contributed by atoms with E-state index in [2.05, 4.69) is 5.32 Å². The van der Waals surface area contributed by atoms with Gasteiger partial charge in [0, 0.05) is 18.2 Å². The molecule has 2 aromatic carbocycles. The molecule has 4 nitrogen and oxygen atoms in total.